The fourth-order valence-electron chi connectivity index (χ4n) is 2.94. The third kappa shape index (κ3) is 1.65. The molecule has 2 N–H and O–H groups in total. The molecule has 1 aromatic carbocycles. The molecule has 0 bridgehead atoms. The third-order valence-corrected chi connectivity index (χ3v) is 3.91. The molecule has 3 heteroatoms. The van der Waals surface area contributed by atoms with Crippen LogP contribution in [0.5, 0.6) is 0 Å². The van der Waals surface area contributed by atoms with Gasteiger partial charge in [-0.05, 0) is 32.4 Å². The van der Waals surface area contributed by atoms with Gasteiger partial charge in [-0.25, -0.2) is 0 Å². The minimum Gasteiger partial charge on any atom is -0.333 e. The molecule has 0 spiro atoms. The molecule has 0 aliphatic carbocycles. The van der Waals surface area contributed by atoms with Crippen LogP contribution in [0.3, 0.4) is 0 Å². The minimum atomic E-state index is -0.213. The lowest BCUT2D eigenvalue weighted by Crippen LogP contribution is -2.56. The number of benzene rings is 1. The average Bonchev–Trinajstić information content (AvgIpc) is 2.29. The topological polar surface area (TPSA) is 46.3 Å². The van der Waals surface area contributed by atoms with Crippen LogP contribution in [0, 0.1) is 0 Å². The summed E-state index contributed by atoms with van der Waals surface area (Å²) in [5, 5.41) is 0. The molecule has 1 heterocycles. The Morgan fingerprint density at radius 2 is 2.00 bits per heavy atom. The Kier molecular flexibility index (Phi) is 2.96. The molecule has 1 unspecified atom stereocenters. The highest BCUT2D eigenvalue weighted by molar-refractivity contribution is 5.97. The Morgan fingerprint density at radius 3 is 2.59 bits per heavy atom. The van der Waals surface area contributed by atoms with E-state index in [0.717, 1.165) is 17.7 Å². The number of hydrogen-bond donors (Lipinski definition) is 1. The van der Waals surface area contributed by atoms with Crippen LogP contribution in [0.4, 0.5) is 0 Å². The van der Waals surface area contributed by atoms with Crippen molar-refractivity contribution in [1.29, 1.82) is 0 Å². The van der Waals surface area contributed by atoms with Gasteiger partial charge in [0.25, 0.3) is 5.91 Å². The van der Waals surface area contributed by atoms with Crippen LogP contribution in [0.15, 0.2) is 24.3 Å². The van der Waals surface area contributed by atoms with E-state index in [0.29, 0.717) is 6.54 Å². The zero-order chi connectivity index (χ0) is 12.6. The number of amides is 1. The maximum absolute atomic E-state index is 12.4. The van der Waals surface area contributed by atoms with Gasteiger partial charge in [0.15, 0.2) is 0 Å². The second-order valence-electron chi connectivity index (χ2n) is 5.08. The predicted molar refractivity (Wildman–Crippen MR) is 69.0 cm³/mol. The lowest BCUT2D eigenvalue weighted by Gasteiger charge is -2.48. The number of likely N-dealkylation sites (N-methyl/N-ethyl adjacent to an activating group) is 1. The van der Waals surface area contributed by atoms with Gasteiger partial charge >= 0.3 is 0 Å². The Bertz CT molecular complexity index is 440. The molecular weight excluding hydrogens is 212 g/mol. The van der Waals surface area contributed by atoms with E-state index in [1.165, 1.54) is 0 Å². The zero-order valence-electron chi connectivity index (χ0n) is 10.7. The van der Waals surface area contributed by atoms with Crippen molar-refractivity contribution in [2.45, 2.75) is 32.2 Å². The molecule has 1 aromatic rings. The van der Waals surface area contributed by atoms with Crippen LogP contribution in [0.1, 0.15) is 42.6 Å². The predicted octanol–water partition coefficient (Wildman–Crippen LogP) is 1.98. The SMILES string of the molecule is CCN1C(=O)c2ccccc2C(CN)C1(C)C. The van der Waals surface area contributed by atoms with Gasteiger partial charge in [0, 0.05) is 30.1 Å². The van der Waals surface area contributed by atoms with E-state index in [1.807, 2.05) is 36.1 Å². The molecule has 1 aliphatic rings. The van der Waals surface area contributed by atoms with Gasteiger partial charge in [0.05, 0.1) is 0 Å². The minimum absolute atomic E-state index is 0.123. The summed E-state index contributed by atoms with van der Waals surface area (Å²) < 4.78 is 0. The van der Waals surface area contributed by atoms with Gasteiger partial charge in [0.2, 0.25) is 0 Å². The molecule has 17 heavy (non-hydrogen) atoms. The Morgan fingerprint density at radius 1 is 1.35 bits per heavy atom. The second-order valence-corrected chi connectivity index (χ2v) is 5.08. The number of hydrogen-bond acceptors (Lipinski definition) is 2. The fraction of sp³-hybridized carbons (Fsp3) is 0.500. The van der Waals surface area contributed by atoms with Crippen LogP contribution >= 0.6 is 0 Å². The summed E-state index contributed by atoms with van der Waals surface area (Å²) in [6, 6.07) is 7.82. The lowest BCUT2D eigenvalue weighted by atomic mass is 9.75. The number of fused-ring (bicyclic) bond motifs is 1. The molecule has 0 aromatic heterocycles. The van der Waals surface area contributed by atoms with Crippen LogP contribution < -0.4 is 5.73 Å². The van der Waals surface area contributed by atoms with Gasteiger partial charge in [-0.2, -0.15) is 0 Å². The molecule has 0 saturated carbocycles. The average molecular weight is 232 g/mol. The van der Waals surface area contributed by atoms with E-state index in [-0.39, 0.29) is 17.4 Å². The third-order valence-electron chi connectivity index (χ3n) is 3.91. The number of carbonyl (C=O) groups is 1. The summed E-state index contributed by atoms with van der Waals surface area (Å²) in [6.07, 6.45) is 0. The van der Waals surface area contributed by atoms with Crippen molar-refractivity contribution >= 4 is 5.91 Å². The van der Waals surface area contributed by atoms with Crippen molar-refractivity contribution in [2.24, 2.45) is 5.73 Å². The van der Waals surface area contributed by atoms with E-state index in [4.69, 9.17) is 5.73 Å². The van der Waals surface area contributed by atoms with Crippen molar-refractivity contribution < 1.29 is 4.79 Å². The van der Waals surface area contributed by atoms with Crippen molar-refractivity contribution in [3.05, 3.63) is 35.4 Å². The van der Waals surface area contributed by atoms with Gasteiger partial charge in [-0.3, -0.25) is 4.79 Å². The van der Waals surface area contributed by atoms with Crippen molar-refractivity contribution in [2.75, 3.05) is 13.1 Å². The fourth-order valence-corrected chi connectivity index (χ4v) is 2.94. The largest absolute Gasteiger partial charge is 0.333 e. The molecule has 0 saturated heterocycles. The van der Waals surface area contributed by atoms with Gasteiger partial charge in [0.1, 0.15) is 0 Å². The van der Waals surface area contributed by atoms with Crippen LogP contribution in [-0.4, -0.2) is 29.4 Å². The molecule has 1 aliphatic heterocycles. The highest BCUT2D eigenvalue weighted by Gasteiger charge is 2.43. The summed E-state index contributed by atoms with van der Waals surface area (Å²) in [5.74, 6) is 0.328. The summed E-state index contributed by atoms with van der Waals surface area (Å²) in [7, 11) is 0. The molecular formula is C14H20N2O. The van der Waals surface area contributed by atoms with Crippen molar-refractivity contribution in [1.82, 2.24) is 4.90 Å². The van der Waals surface area contributed by atoms with Crippen LogP contribution in [-0.2, 0) is 0 Å². The number of nitrogens with zero attached hydrogens (tertiary/aromatic N) is 1. The Hall–Kier alpha value is -1.35. The first kappa shape index (κ1) is 12.1. The molecule has 3 nitrogen and oxygen atoms in total. The van der Waals surface area contributed by atoms with Crippen LogP contribution in [0.2, 0.25) is 0 Å². The first-order valence-corrected chi connectivity index (χ1v) is 6.15. The number of rotatable bonds is 2. The van der Waals surface area contributed by atoms with Crippen molar-refractivity contribution in [3.8, 4) is 0 Å². The Balaban J connectivity index is 2.61. The first-order chi connectivity index (χ1) is 8.04. The standard InChI is InChI=1S/C14H20N2O/c1-4-16-13(17)11-8-6-5-7-10(11)12(9-15)14(16,2)3/h5-8,12H,4,9,15H2,1-3H3. The van der Waals surface area contributed by atoms with Gasteiger partial charge in [-0.15, -0.1) is 0 Å². The summed E-state index contributed by atoms with van der Waals surface area (Å²) in [4.78, 5) is 14.3. The van der Waals surface area contributed by atoms with Gasteiger partial charge in [-0.1, -0.05) is 18.2 Å². The summed E-state index contributed by atoms with van der Waals surface area (Å²) in [6.45, 7) is 7.50. The summed E-state index contributed by atoms with van der Waals surface area (Å²) in [5.41, 5.74) is 7.61. The number of carbonyl (C=O) groups excluding carboxylic acids is 1. The van der Waals surface area contributed by atoms with E-state index >= 15 is 0 Å². The van der Waals surface area contributed by atoms with Crippen LogP contribution in [0.25, 0.3) is 0 Å². The van der Waals surface area contributed by atoms with E-state index in [2.05, 4.69) is 13.8 Å². The summed E-state index contributed by atoms with van der Waals surface area (Å²) >= 11 is 0. The monoisotopic (exact) mass is 232 g/mol. The van der Waals surface area contributed by atoms with Gasteiger partial charge < -0.3 is 10.6 Å². The number of nitrogens with two attached hydrogens (primary N) is 1. The Labute approximate surface area is 103 Å². The van der Waals surface area contributed by atoms with E-state index in [1.54, 1.807) is 0 Å². The molecule has 92 valence electrons. The zero-order valence-corrected chi connectivity index (χ0v) is 10.7. The smallest absolute Gasteiger partial charge is 0.254 e. The first-order valence-electron chi connectivity index (χ1n) is 6.15. The normalized spacial score (nSPS) is 22.5. The maximum atomic E-state index is 12.4. The maximum Gasteiger partial charge on any atom is 0.254 e. The van der Waals surface area contributed by atoms with E-state index in [9.17, 15) is 4.79 Å². The molecule has 1 atom stereocenters. The molecule has 0 radical (unpaired) electrons. The van der Waals surface area contributed by atoms with Crippen molar-refractivity contribution in [3.63, 3.8) is 0 Å². The molecule has 2 rings (SSSR count). The second kappa shape index (κ2) is 4.15. The quantitative estimate of drug-likeness (QED) is 0.847. The highest BCUT2D eigenvalue weighted by atomic mass is 16.2. The van der Waals surface area contributed by atoms with E-state index < -0.39 is 0 Å². The highest BCUT2D eigenvalue weighted by Crippen LogP contribution is 2.39. The lowest BCUT2D eigenvalue weighted by molar-refractivity contribution is 0.0455. The molecule has 0 fully saturated rings. The molecule has 1 amide bonds.